The van der Waals surface area contributed by atoms with Crippen LogP contribution < -0.4 is 10.2 Å². The number of nitrogens with zero attached hydrogens (tertiary/aromatic N) is 3. The molecule has 1 aliphatic rings. The average Bonchev–Trinajstić information content (AvgIpc) is 2.72. The second-order valence-electron chi connectivity index (χ2n) is 7.62. The van der Waals surface area contributed by atoms with Gasteiger partial charge in [0.15, 0.2) is 0 Å². The zero-order chi connectivity index (χ0) is 19.5. The Morgan fingerprint density at radius 3 is 2.79 bits per heavy atom. The largest absolute Gasteiger partial charge is 0.352 e. The lowest BCUT2D eigenvalue weighted by atomic mass is 9.97. The molecule has 2 heterocycles. The fourth-order valence-corrected chi connectivity index (χ4v) is 3.83. The third-order valence-corrected chi connectivity index (χ3v) is 5.42. The molecular weight excluding hydrogens is 348 g/mol. The second-order valence-corrected chi connectivity index (χ2v) is 7.62. The molecule has 0 bridgehead atoms. The van der Waals surface area contributed by atoms with Crippen LogP contribution in [0.4, 0.5) is 5.95 Å². The van der Waals surface area contributed by atoms with Crippen molar-refractivity contribution in [3.63, 3.8) is 0 Å². The molecule has 1 saturated heterocycles. The first-order valence-corrected chi connectivity index (χ1v) is 9.92. The van der Waals surface area contributed by atoms with E-state index in [9.17, 15) is 4.79 Å². The Hall–Kier alpha value is -2.95. The van der Waals surface area contributed by atoms with Crippen LogP contribution in [0.25, 0.3) is 10.9 Å². The minimum atomic E-state index is -0.0328. The van der Waals surface area contributed by atoms with Gasteiger partial charge in [-0.05, 0) is 43.9 Å². The van der Waals surface area contributed by atoms with Gasteiger partial charge >= 0.3 is 0 Å². The molecule has 1 aliphatic heterocycles. The number of nitrogens with one attached hydrogen (secondary N) is 1. The molecule has 3 aromatic rings. The summed E-state index contributed by atoms with van der Waals surface area (Å²) in [6, 6.07) is 16.3. The Balaban J connectivity index is 1.47. The molecule has 0 radical (unpaired) electrons. The highest BCUT2D eigenvalue weighted by molar-refractivity contribution is 5.83. The molecule has 0 spiro atoms. The molecule has 5 heteroatoms. The van der Waals surface area contributed by atoms with Crippen molar-refractivity contribution in [2.45, 2.75) is 33.2 Å². The summed E-state index contributed by atoms with van der Waals surface area (Å²) in [4.78, 5) is 24.4. The van der Waals surface area contributed by atoms with Crippen molar-refractivity contribution in [1.82, 2.24) is 15.3 Å². The van der Waals surface area contributed by atoms with Gasteiger partial charge in [-0.1, -0.05) is 42.5 Å². The van der Waals surface area contributed by atoms with Crippen molar-refractivity contribution < 1.29 is 4.79 Å². The molecule has 1 aromatic heterocycles. The van der Waals surface area contributed by atoms with Crippen LogP contribution in [0.3, 0.4) is 0 Å². The van der Waals surface area contributed by atoms with Crippen LogP contribution in [0, 0.1) is 19.8 Å². The fourth-order valence-electron chi connectivity index (χ4n) is 3.83. The number of rotatable bonds is 4. The first-order valence-electron chi connectivity index (χ1n) is 9.92. The number of fused-ring (bicyclic) bond motifs is 1. The van der Waals surface area contributed by atoms with Gasteiger partial charge in [0, 0.05) is 25.0 Å². The summed E-state index contributed by atoms with van der Waals surface area (Å²) in [6.07, 6.45) is 1.88. The Bertz CT molecular complexity index is 987. The minimum Gasteiger partial charge on any atom is -0.352 e. The van der Waals surface area contributed by atoms with Gasteiger partial charge in [-0.25, -0.2) is 9.97 Å². The van der Waals surface area contributed by atoms with Crippen LogP contribution in [-0.4, -0.2) is 29.0 Å². The van der Waals surface area contributed by atoms with E-state index in [1.807, 2.05) is 37.3 Å². The number of aryl methyl sites for hydroxylation is 2. The molecule has 1 fully saturated rings. The molecule has 0 saturated carbocycles. The van der Waals surface area contributed by atoms with E-state index in [1.165, 1.54) is 5.56 Å². The maximum absolute atomic E-state index is 12.7. The summed E-state index contributed by atoms with van der Waals surface area (Å²) >= 11 is 0. The van der Waals surface area contributed by atoms with Gasteiger partial charge in [-0.3, -0.25) is 4.79 Å². The molecule has 0 aliphatic carbocycles. The molecule has 1 N–H and O–H groups in total. The molecule has 5 nitrogen and oxygen atoms in total. The SMILES string of the molecule is Cc1ccc2c(C)nc(N3CCC[C@@H](C(=O)NCc4ccccc4)C3)nc2c1. The van der Waals surface area contributed by atoms with Crippen LogP contribution >= 0.6 is 0 Å². The van der Waals surface area contributed by atoms with Crippen molar-refractivity contribution in [2.75, 3.05) is 18.0 Å². The summed E-state index contributed by atoms with van der Waals surface area (Å²) in [7, 11) is 0. The zero-order valence-electron chi connectivity index (χ0n) is 16.5. The average molecular weight is 374 g/mol. The van der Waals surface area contributed by atoms with Gasteiger partial charge in [0.05, 0.1) is 17.1 Å². The Morgan fingerprint density at radius 1 is 1.14 bits per heavy atom. The predicted octanol–water partition coefficient (Wildman–Crippen LogP) is 3.78. The summed E-state index contributed by atoms with van der Waals surface area (Å²) in [5.41, 5.74) is 4.26. The Morgan fingerprint density at radius 2 is 1.96 bits per heavy atom. The molecule has 28 heavy (non-hydrogen) atoms. The van der Waals surface area contributed by atoms with Gasteiger partial charge in [-0.2, -0.15) is 0 Å². The summed E-state index contributed by atoms with van der Waals surface area (Å²) in [5.74, 6) is 0.813. The number of benzene rings is 2. The Labute approximate surface area is 165 Å². The third kappa shape index (κ3) is 3.98. The van der Waals surface area contributed by atoms with Crippen LogP contribution in [0.1, 0.15) is 29.7 Å². The summed E-state index contributed by atoms with van der Waals surface area (Å²) < 4.78 is 0. The number of carbonyl (C=O) groups is 1. The topological polar surface area (TPSA) is 58.1 Å². The van der Waals surface area contributed by atoms with E-state index in [0.717, 1.165) is 47.5 Å². The zero-order valence-corrected chi connectivity index (χ0v) is 16.5. The van der Waals surface area contributed by atoms with Crippen LogP contribution in [-0.2, 0) is 11.3 Å². The third-order valence-electron chi connectivity index (χ3n) is 5.42. The number of anilines is 1. The van der Waals surface area contributed by atoms with Gasteiger partial charge in [-0.15, -0.1) is 0 Å². The molecule has 1 amide bonds. The molecule has 0 unspecified atom stereocenters. The number of aromatic nitrogens is 2. The molecule has 144 valence electrons. The maximum atomic E-state index is 12.7. The van der Waals surface area contributed by atoms with Crippen LogP contribution in [0.15, 0.2) is 48.5 Å². The van der Waals surface area contributed by atoms with Crippen molar-refractivity contribution >= 4 is 22.8 Å². The van der Waals surface area contributed by atoms with Crippen LogP contribution in [0.2, 0.25) is 0 Å². The standard InChI is InChI=1S/C23H26N4O/c1-16-10-11-20-17(2)25-23(26-21(20)13-16)27-12-6-9-19(15-27)22(28)24-14-18-7-4-3-5-8-18/h3-5,7-8,10-11,13,19H,6,9,12,14-15H2,1-2H3,(H,24,28)/t19-/m1/s1. The highest BCUT2D eigenvalue weighted by atomic mass is 16.1. The number of amides is 1. The first kappa shape index (κ1) is 18.4. The lowest BCUT2D eigenvalue weighted by Crippen LogP contribution is -2.43. The van der Waals surface area contributed by atoms with E-state index in [-0.39, 0.29) is 11.8 Å². The highest BCUT2D eigenvalue weighted by Crippen LogP contribution is 2.24. The van der Waals surface area contributed by atoms with E-state index < -0.39 is 0 Å². The normalized spacial score (nSPS) is 16.9. The first-order chi connectivity index (χ1) is 13.6. The van der Waals surface area contributed by atoms with Gasteiger partial charge in [0.25, 0.3) is 0 Å². The lowest BCUT2D eigenvalue weighted by Gasteiger charge is -2.32. The number of hydrogen-bond donors (Lipinski definition) is 1. The number of carbonyl (C=O) groups excluding carboxylic acids is 1. The number of hydrogen-bond acceptors (Lipinski definition) is 4. The van der Waals surface area contributed by atoms with Crippen molar-refractivity contribution in [2.24, 2.45) is 5.92 Å². The van der Waals surface area contributed by atoms with E-state index in [4.69, 9.17) is 9.97 Å². The summed E-state index contributed by atoms with van der Waals surface area (Å²) in [6.45, 7) is 6.22. The monoisotopic (exact) mass is 374 g/mol. The van der Waals surface area contributed by atoms with Crippen molar-refractivity contribution in [3.05, 3.63) is 65.4 Å². The Kier molecular flexibility index (Phi) is 5.24. The van der Waals surface area contributed by atoms with Gasteiger partial charge < -0.3 is 10.2 Å². The molecule has 1 atom stereocenters. The van der Waals surface area contributed by atoms with Crippen molar-refractivity contribution in [1.29, 1.82) is 0 Å². The lowest BCUT2D eigenvalue weighted by molar-refractivity contribution is -0.125. The maximum Gasteiger partial charge on any atom is 0.226 e. The minimum absolute atomic E-state index is 0.0328. The second kappa shape index (κ2) is 7.97. The quantitative estimate of drug-likeness (QED) is 0.755. The number of piperidine rings is 1. The summed E-state index contributed by atoms with van der Waals surface area (Å²) in [5, 5.41) is 4.17. The smallest absolute Gasteiger partial charge is 0.226 e. The van der Waals surface area contributed by atoms with E-state index >= 15 is 0 Å². The fraction of sp³-hybridized carbons (Fsp3) is 0.348. The highest BCUT2D eigenvalue weighted by Gasteiger charge is 2.27. The predicted molar refractivity (Wildman–Crippen MR) is 112 cm³/mol. The molecule has 4 rings (SSSR count). The van der Waals surface area contributed by atoms with Gasteiger partial charge in [0.1, 0.15) is 0 Å². The van der Waals surface area contributed by atoms with Crippen molar-refractivity contribution in [3.8, 4) is 0 Å². The van der Waals surface area contributed by atoms with E-state index in [2.05, 4.69) is 35.3 Å². The van der Waals surface area contributed by atoms with E-state index in [0.29, 0.717) is 13.1 Å². The molecular formula is C23H26N4O. The molecule has 2 aromatic carbocycles. The van der Waals surface area contributed by atoms with Gasteiger partial charge in [0.2, 0.25) is 11.9 Å². The van der Waals surface area contributed by atoms with Crippen LogP contribution in [0.5, 0.6) is 0 Å². The van der Waals surface area contributed by atoms with E-state index in [1.54, 1.807) is 0 Å².